The Morgan fingerprint density at radius 2 is 2.17 bits per heavy atom. The number of amides is 1. The Bertz CT molecular complexity index is 857. The highest BCUT2D eigenvalue weighted by Gasteiger charge is 2.24. The van der Waals surface area contributed by atoms with Gasteiger partial charge in [-0.15, -0.1) is 0 Å². The summed E-state index contributed by atoms with van der Waals surface area (Å²) in [4.78, 5) is 16.8. The quantitative estimate of drug-likeness (QED) is 0.808. The molecule has 4 nitrogen and oxygen atoms in total. The predicted molar refractivity (Wildman–Crippen MR) is 88.5 cm³/mol. The van der Waals surface area contributed by atoms with Gasteiger partial charge in [-0.25, -0.2) is 0 Å². The van der Waals surface area contributed by atoms with Crippen LogP contribution in [0.2, 0.25) is 0 Å². The van der Waals surface area contributed by atoms with Gasteiger partial charge in [0.05, 0.1) is 5.56 Å². The van der Waals surface area contributed by atoms with Crippen LogP contribution in [-0.2, 0) is 19.3 Å². The van der Waals surface area contributed by atoms with Crippen molar-refractivity contribution in [3.63, 3.8) is 0 Å². The topological polar surface area (TPSA) is 55.1 Å². The SMILES string of the molecule is CCc1ccc2occ(C(=O)NC3Cc4ccncc4C3)c2c1. The van der Waals surface area contributed by atoms with Crippen molar-refractivity contribution in [3.05, 3.63) is 65.2 Å². The molecule has 0 fully saturated rings. The number of aryl methyl sites for hydroxylation is 1. The largest absolute Gasteiger partial charge is 0.463 e. The number of carbonyl (C=O) groups is 1. The maximum absolute atomic E-state index is 12.6. The van der Waals surface area contributed by atoms with E-state index < -0.39 is 0 Å². The van der Waals surface area contributed by atoms with Crippen LogP contribution in [0.15, 0.2) is 47.3 Å². The second-order valence-corrected chi connectivity index (χ2v) is 6.06. The van der Waals surface area contributed by atoms with Gasteiger partial charge in [0.25, 0.3) is 5.91 Å². The Balaban J connectivity index is 1.56. The number of carbonyl (C=O) groups excluding carboxylic acids is 1. The van der Waals surface area contributed by atoms with Crippen molar-refractivity contribution in [1.82, 2.24) is 10.3 Å². The van der Waals surface area contributed by atoms with Crippen LogP contribution >= 0.6 is 0 Å². The van der Waals surface area contributed by atoms with Crippen molar-refractivity contribution < 1.29 is 9.21 Å². The third kappa shape index (κ3) is 2.50. The van der Waals surface area contributed by atoms with Crippen LogP contribution in [-0.4, -0.2) is 16.9 Å². The molecule has 23 heavy (non-hydrogen) atoms. The number of fused-ring (bicyclic) bond motifs is 2. The average molecular weight is 306 g/mol. The van der Waals surface area contributed by atoms with E-state index in [1.807, 2.05) is 30.5 Å². The molecule has 4 heteroatoms. The molecular weight excluding hydrogens is 288 g/mol. The van der Waals surface area contributed by atoms with Crippen molar-refractivity contribution in [2.75, 3.05) is 0 Å². The third-order valence-electron chi connectivity index (χ3n) is 4.56. The highest BCUT2D eigenvalue weighted by Crippen LogP contribution is 2.25. The molecule has 1 amide bonds. The second kappa shape index (κ2) is 5.54. The van der Waals surface area contributed by atoms with Crippen LogP contribution in [0.5, 0.6) is 0 Å². The third-order valence-corrected chi connectivity index (χ3v) is 4.56. The van der Waals surface area contributed by atoms with Crippen LogP contribution in [0.1, 0.15) is 34.0 Å². The minimum absolute atomic E-state index is 0.0669. The first kappa shape index (κ1) is 14.0. The summed E-state index contributed by atoms with van der Waals surface area (Å²) < 4.78 is 5.53. The van der Waals surface area contributed by atoms with Crippen molar-refractivity contribution in [1.29, 1.82) is 0 Å². The summed E-state index contributed by atoms with van der Waals surface area (Å²) in [6.07, 6.45) is 7.89. The highest BCUT2D eigenvalue weighted by molar-refractivity contribution is 6.06. The zero-order valence-corrected chi connectivity index (χ0v) is 13.0. The molecular formula is C19H18N2O2. The summed E-state index contributed by atoms with van der Waals surface area (Å²) in [5.74, 6) is -0.0669. The Kier molecular flexibility index (Phi) is 3.37. The van der Waals surface area contributed by atoms with E-state index in [1.165, 1.54) is 16.7 Å². The molecule has 0 saturated heterocycles. The first-order chi connectivity index (χ1) is 11.2. The van der Waals surface area contributed by atoms with Crippen LogP contribution < -0.4 is 5.32 Å². The van der Waals surface area contributed by atoms with Crippen LogP contribution in [0.4, 0.5) is 0 Å². The molecule has 1 aliphatic carbocycles. The number of hydrogen-bond acceptors (Lipinski definition) is 3. The van der Waals surface area contributed by atoms with E-state index in [0.29, 0.717) is 5.56 Å². The summed E-state index contributed by atoms with van der Waals surface area (Å²) in [6, 6.07) is 8.17. The summed E-state index contributed by atoms with van der Waals surface area (Å²) >= 11 is 0. The Hall–Kier alpha value is -2.62. The highest BCUT2D eigenvalue weighted by atomic mass is 16.3. The van der Waals surface area contributed by atoms with E-state index in [9.17, 15) is 4.79 Å². The van der Waals surface area contributed by atoms with Gasteiger partial charge in [-0.05, 0) is 54.2 Å². The fourth-order valence-corrected chi connectivity index (χ4v) is 3.28. The summed E-state index contributed by atoms with van der Waals surface area (Å²) in [5.41, 5.74) is 5.07. The molecule has 4 rings (SSSR count). The lowest BCUT2D eigenvalue weighted by atomic mass is 10.1. The number of furan rings is 1. The molecule has 116 valence electrons. The minimum Gasteiger partial charge on any atom is -0.463 e. The fraction of sp³-hybridized carbons (Fsp3) is 0.263. The Morgan fingerprint density at radius 3 is 3.00 bits per heavy atom. The smallest absolute Gasteiger partial charge is 0.255 e. The number of nitrogens with zero attached hydrogens (tertiary/aromatic N) is 1. The van der Waals surface area contributed by atoms with Gasteiger partial charge < -0.3 is 9.73 Å². The lowest BCUT2D eigenvalue weighted by molar-refractivity contribution is 0.0939. The van der Waals surface area contributed by atoms with Crippen molar-refractivity contribution >= 4 is 16.9 Å². The maximum atomic E-state index is 12.6. The van der Waals surface area contributed by atoms with Gasteiger partial charge in [0, 0.05) is 23.8 Å². The molecule has 0 aliphatic heterocycles. The molecule has 1 atom stereocenters. The van der Waals surface area contributed by atoms with Crippen molar-refractivity contribution in [2.24, 2.45) is 0 Å². The van der Waals surface area contributed by atoms with E-state index in [1.54, 1.807) is 12.5 Å². The van der Waals surface area contributed by atoms with Gasteiger partial charge in [-0.1, -0.05) is 13.0 Å². The van der Waals surface area contributed by atoms with E-state index in [0.717, 1.165) is 30.2 Å². The van der Waals surface area contributed by atoms with Gasteiger partial charge in [0.15, 0.2) is 0 Å². The standard InChI is InChI=1S/C19H18N2O2/c1-2-12-3-4-18-16(7-12)17(11-23-18)19(22)21-15-8-13-5-6-20-10-14(13)9-15/h3-7,10-11,15H,2,8-9H2,1H3,(H,21,22). The summed E-state index contributed by atoms with van der Waals surface area (Å²) in [7, 11) is 0. The molecule has 2 heterocycles. The van der Waals surface area contributed by atoms with Crippen LogP contribution in [0.25, 0.3) is 11.0 Å². The van der Waals surface area contributed by atoms with Crippen LogP contribution in [0.3, 0.4) is 0 Å². The van der Waals surface area contributed by atoms with E-state index >= 15 is 0 Å². The van der Waals surface area contributed by atoms with Gasteiger partial charge in [0.1, 0.15) is 11.8 Å². The van der Waals surface area contributed by atoms with Crippen molar-refractivity contribution in [2.45, 2.75) is 32.2 Å². The number of aromatic nitrogens is 1. The van der Waals surface area contributed by atoms with Gasteiger partial charge >= 0.3 is 0 Å². The lowest BCUT2D eigenvalue weighted by Crippen LogP contribution is -2.35. The Labute approximate surface area is 134 Å². The molecule has 1 aromatic carbocycles. The lowest BCUT2D eigenvalue weighted by Gasteiger charge is -2.11. The molecule has 1 unspecified atom stereocenters. The van der Waals surface area contributed by atoms with Crippen molar-refractivity contribution in [3.8, 4) is 0 Å². The molecule has 1 N–H and O–H groups in total. The predicted octanol–water partition coefficient (Wildman–Crippen LogP) is 3.29. The maximum Gasteiger partial charge on any atom is 0.255 e. The normalized spacial score (nSPS) is 16.5. The van der Waals surface area contributed by atoms with E-state index in [2.05, 4.69) is 17.2 Å². The summed E-state index contributed by atoms with van der Waals surface area (Å²) in [6.45, 7) is 2.10. The molecule has 0 radical (unpaired) electrons. The zero-order valence-electron chi connectivity index (χ0n) is 13.0. The summed E-state index contributed by atoms with van der Waals surface area (Å²) in [5, 5.41) is 4.02. The number of nitrogens with one attached hydrogen (secondary N) is 1. The molecule has 2 aromatic heterocycles. The number of pyridine rings is 1. The zero-order chi connectivity index (χ0) is 15.8. The fourth-order valence-electron chi connectivity index (χ4n) is 3.28. The first-order valence-electron chi connectivity index (χ1n) is 7.97. The molecule has 3 aromatic rings. The molecule has 0 saturated carbocycles. The Morgan fingerprint density at radius 1 is 1.30 bits per heavy atom. The molecule has 0 bridgehead atoms. The minimum atomic E-state index is -0.0669. The first-order valence-corrected chi connectivity index (χ1v) is 7.97. The number of rotatable bonds is 3. The number of benzene rings is 1. The second-order valence-electron chi connectivity index (χ2n) is 6.06. The number of hydrogen-bond donors (Lipinski definition) is 1. The van der Waals surface area contributed by atoms with Crippen LogP contribution in [0, 0.1) is 0 Å². The monoisotopic (exact) mass is 306 g/mol. The van der Waals surface area contributed by atoms with E-state index in [-0.39, 0.29) is 11.9 Å². The van der Waals surface area contributed by atoms with E-state index in [4.69, 9.17) is 4.42 Å². The average Bonchev–Trinajstić information content (AvgIpc) is 3.17. The van der Waals surface area contributed by atoms with Gasteiger partial charge in [-0.3, -0.25) is 9.78 Å². The van der Waals surface area contributed by atoms with Gasteiger partial charge in [-0.2, -0.15) is 0 Å². The molecule has 1 aliphatic rings. The molecule has 0 spiro atoms. The van der Waals surface area contributed by atoms with Gasteiger partial charge in [0.2, 0.25) is 0 Å².